The third-order valence-corrected chi connectivity index (χ3v) is 6.05. The largest absolute Gasteiger partial charge is 0.383 e. The summed E-state index contributed by atoms with van der Waals surface area (Å²) in [6, 6.07) is 10.2. The minimum absolute atomic E-state index is 0.389. The summed E-state index contributed by atoms with van der Waals surface area (Å²) in [5.41, 5.74) is 14.0. The van der Waals surface area contributed by atoms with E-state index in [-0.39, 0.29) is 0 Å². The maximum absolute atomic E-state index is 11.7. The second-order valence-electron chi connectivity index (χ2n) is 6.45. The summed E-state index contributed by atoms with van der Waals surface area (Å²) in [5.74, 6) is -0.118. The van der Waals surface area contributed by atoms with E-state index < -0.39 is 5.91 Å². The molecule has 0 bridgehead atoms. The molecule has 2 amide bonds. The van der Waals surface area contributed by atoms with Crippen LogP contribution >= 0.6 is 11.3 Å². The van der Waals surface area contributed by atoms with Crippen LogP contribution in [0.2, 0.25) is 0 Å². The van der Waals surface area contributed by atoms with Crippen molar-refractivity contribution in [3.05, 3.63) is 42.1 Å². The fourth-order valence-electron chi connectivity index (χ4n) is 3.28. The van der Waals surface area contributed by atoms with Gasteiger partial charge in [0.05, 0.1) is 10.3 Å². The molecule has 4 rings (SSSR count). The van der Waals surface area contributed by atoms with Gasteiger partial charge in [0.15, 0.2) is 0 Å². The van der Waals surface area contributed by atoms with Gasteiger partial charge >= 0.3 is 0 Å². The van der Waals surface area contributed by atoms with Gasteiger partial charge in [-0.25, -0.2) is 4.98 Å². The molecule has 7 nitrogen and oxygen atoms in total. The SMILES string of the molecule is NC(=O)c1cnc(N)c2cc(-c3ccc(N4CCN(C=O)CC4)cc3)sc12. The zero-order chi connectivity index (χ0) is 19.0. The molecule has 0 spiro atoms. The van der Waals surface area contributed by atoms with Crippen molar-refractivity contribution in [1.29, 1.82) is 0 Å². The first-order valence-electron chi connectivity index (χ1n) is 8.59. The lowest BCUT2D eigenvalue weighted by atomic mass is 10.1. The number of carbonyl (C=O) groups excluding carboxylic acids is 2. The van der Waals surface area contributed by atoms with Crippen LogP contribution in [0.25, 0.3) is 20.5 Å². The van der Waals surface area contributed by atoms with Gasteiger partial charge in [-0.05, 0) is 23.8 Å². The number of fused-ring (bicyclic) bond motifs is 1. The summed E-state index contributed by atoms with van der Waals surface area (Å²) >= 11 is 1.48. The fourth-order valence-corrected chi connectivity index (χ4v) is 4.47. The second-order valence-corrected chi connectivity index (χ2v) is 7.50. The highest BCUT2D eigenvalue weighted by molar-refractivity contribution is 7.22. The number of piperazine rings is 1. The zero-order valence-corrected chi connectivity index (χ0v) is 15.4. The van der Waals surface area contributed by atoms with Crippen LogP contribution in [-0.2, 0) is 4.79 Å². The molecular formula is C19H19N5O2S. The summed E-state index contributed by atoms with van der Waals surface area (Å²) in [5, 5.41) is 0.750. The van der Waals surface area contributed by atoms with Crippen LogP contribution in [0.15, 0.2) is 36.5 Å². The summed E-state index contributed by atoms with van der Waals surface area (Å²) in [6.07, 6.45) is 2.34. The van der Waals surface area contributed by atoms with E-state index in [0.29, 0.717) is 11.4 Å². The quantitative estimate of drug-likeness (QED) is 0.672. The van der Waals surface area contributed by atoms with Crippen molar-refractivity contribution < 1.29 is 9.59 Å². The monoisotopic (exact) mass is 381 g/mol. The lowest BCUT2D eigenvalue weighted by Crippen LogP contribution is -2.45. The second kappa shape index (κ2) is 6.88. The first-order valence-corrected chi connectivity index (χ1v) is 9.41. The van der Waals surface area contributed by atoms with E-state index >= 15 is 0 Å². The average Bonchev–Trinajstić information content (AvgIpc) is 3.14. The molecule has 1 aliphatic heterocycles. The molecule has 0 saturated carbocycles. The van der Waals surface area contributed by atoms with Gasteiger partial charge in [0.1, 0.15) is 5.82 Å². The van der Waals surface area contributed by atoms with E-state index in [1.54, 1.807) is 4.90 Å². The zero-order valence-electron chi connectivity index (χ0n) is 14.6. The van der Waals surface area contributed by atoms with Gasteiger partial charge < -0.3 is 21.3 Å². The van der Waals surface area contributed by atoms with Crippen molar-refractivity contribution in [2.45, 2.75) is 0 Å². The molecule has 2 aromatic heterocycles. The van der Waals surface area contributed by atoms with Gasteiger partial charge in [0.25, 0.3) is 5.91 Å². The lowest BCUT2D eigenvalue weighted by molar-refractivity contribution is -0.118. The van der Waals surface area contributed by atoms with E-state index in [0.717, 1.165) is 58.8 Å². The molecule has 27 heavy (non-hydrogen) atoms. The van der Waals surface area contributed by atoms with Gasteiger partial charge in [0.2, 0.25) is 6.41 Å². The third-order valence-electron chi connectivity index (χ3n) is 4.83. The molecule has 138 valence electrons. The Hall–Kier alpha value is -3.13. The van der Waals surface area contributed by atoms with Crippen LogP contribution < -0.4 is 16.4 Å². The highest BCUT2D eigenvalue weighted by Gasteiger charge is 2.17. The molecule has 0 radical (unpaired) electrons. The van der Waals surface area contributed by atoms with Gasteiger partial charge in [-0.15, -0.1) is 11.3 Å². The number of nitrogens with zero attached hydrogens (tertiary/aromatic N) is 3. The Kier molecular flexibility index (Phi) is 4.41. The first-order chi connectivity index (χ1) is 13.1. The van der Waals surface area contributed by atoms with Crippen molar-refractivity contribution in [1.82, 2.24) is 9.88 Å². The number of rotatable bonds is 4. The highest BCUT2D eigenvalue weighted by atomic mass is 32.1. The Labute approximate surface area is 160 Å². The van der Waals surface area contributed by atoms with Crippen LogP contribution in [0.3, 0.4) is 0 Å². The van der Waals surface area contributed by atoms with Crippen molar-refractivity contribution in [2.75, 3.05) is 36.8 Å². The predicted octanol–water partition coefficient (Wildman–Crippen LogP) is 1.92. The van der Waals surface area contributed by atoms with Crippen molar-refractivity contribution >= 4 is 45.2 Å². The maximum atomic E-state index is 11.7. The van der Waals surface area contributed by atoms with Crippen LogP contribution in [0.4, 0.5) is 11.5 Å². The number of hydrogen-bond acceptors (Lipinski definition) is 6. The maximum Gasteiger partial charge on any atom is 0.251 e. The number of aromatic nitrogens is 1. The molecule has 3 aromatic rings. The van der Waals surface area contributed by atoms with E-state index in [4.69, 9.17) is 11.5 Å². The number of anilines is 2. The number of nitrogens with two attached hydrogens (primary N) is 2. The lowest BCUT2D eigenvalue weighted by Gasteiger charge is -2.34. The number of nitrogen functional groups attached to an aromatic ring is 1. The van der Waals surface area contributed by atoms with E-state index in [2.05, 4.69) is 34.1 Å². The Balaban J connectivity index is 1.63. The molecule has 1 saturated heterocycles. The van der Waals surface area contributed by atoms with Gasteiger partial charge in [-0.1, -0.05) is 12.1 Å². The van der Waals surface area contributed by atoms with Crippen LogP contribution in [-0.4, -0.2) is 48.4 Å². The summed E-state index contributed by atoms with van der Waals surface area (Å²) in [4.78, 5) is 31.6. The topological polar surface area (TPSA) is 106 Å². The molecule has 4 N–H and O–H groups in total. The molecule has 1 aromatic carbocycles. The number of thiophene rings is 1. The number of amides is 2. The molecular weight excluding hydrogens is 362 g/mol. The molecule has 8 heteroatoms. The summed E-state index contributed by atoms with van der Waals surface area (Å²) in [6.45, 7) is 3.13. The number of pyridine rings is 1. The summed E-state index contributed by atoms with van der Waals surface area (Å²) in [7, 11) is 0. The number of benzene rings is 1. The Morgan fingerprint density at radius 2 is 1.85 bits per heavy atom. The van der Waals surface area contributed by atoms with Crippen LogP contribution in [0.5, 0.6) is 0 Å². The average molecular weight is 381 g/mol. The number of hydrogen-bond donors (Lipinski definition) is 2. The number of carbonyl (C=O) groups is 2. The van der Waals surface area contributed by atoms with Crippen molar-refractivity contribution in [2.24, 2.45) is 5.73 Å². The molecule has 0 aliphatic carbocycles. The normalized spacial score (nSPS) is 14.5. The smallest absolute Gasteiger partial charge is 0.251 e. The van der Waals surface area contributed by atoms with Crippen LogP contribution in [0, 0.1) is 0 Å². The minimum atomic E-state index is -0.509. The molecule has 3 heterocycles. The molecule has 1 aliphatic rings. The molecule has 0 atom stereocenters. The Bertz CT molecular complexity index is 1010. The first kappa shape index (κ1) is 17.3. The molecule has 1 fully saturated rings. The van der Waals surface area contributed by atoms with E-state index in [1.165, 1.54) is 17.5 Å². The van der Waals surface area contributed by atoms with Gasteiger partial charge in [0, 0.05) is 48.3 Å². The van der Waals surface area contributed by atoms with Gasteiger partial charge in [-0.2, -0.15) is 0 Å². The highest BCUT2D eigenvalue weighted by Crippen LogP contribution is 2.37. The van der Waals surface area contributed by atoms with Gasteiger partial charge in [-0.3, -0.25) is 9.59 Å². The van der Waals surface area contributed by atoms with Crippen LogP contribution in [0.1, 0.15) is 10.4 Å². The number of primary amides is 1. The Morgan fingerprint density at radius 3 is 2.48 bits per heavy atom. The standard InChI is InChI=1S/C19H19N5O2S/c20-18-14-9-16(27-17(14)15(10-22-18)19(21)26)12-1-3-13(4-2-12)24-7-5-23(11-25)6-8-24/h1-4,9-11H,5-8H2,(H2,20,22)(H2,21,26). The predicted molar refractivity (Wildman–Crippen MR) is 108 cm³/mol. The fraction of sp³-hybridized carbons (Fsp3) is 0.211. The molecule has 0 unspecified atom stereocenters. The Morgan fingerprint density at radius 1 is 1.15 bits per heavy atom. The van der Waals surface area contributed by atoms with Crippen molar-refractivity contribution in [3.63, 3.8) is 0 Å². The van der Waals surface area contributed by atoms with E-state index in [9.17, 15) is 9.59 Å². The van der Waals surface area contributed by atoms with E-state index in [1.807, 2.05) is 6.07 Å². The minimum Gasteiger partial charge on any atom is -0.383 e. The third kappa shape index (κ3) is 3.19. The van der Waals surface area contributed by atoms with Crippen molar-refractivity contribution in [3.8, 4) is 10.4 Å². The summed E-state index contributed by atoms with van der Waals surface area (Å²) < 4.78 is 0.763.